The molecule has 0 aromatic heterocycles. The second-order valence-corrected chi connectivity index (χ2v) is 2.96. The predicted octanol–water partition coefficient (Wildman–Crippen LogP) is 1.02. The van der Waals surface area contributed by atoms with Crippen molar-refractivity contribution < 1.29 is 9.84 Å². The summed E-state index contributed by atoms with van der Waals surface area (Å²) in [6.07, 6.45) is 5.53. The quantitative estimate of drug-likeness (QED) is 0.658. The molecule has 0 aromatic carbocycles. The minimum absolute atomic E-state index is 0.00976. The average molecular weight is 179 g/mol. The third-order valence-corrected chi connectivity index (χ3v) is 2.07. The molecule has 0 amide bonds. The van der Waals surface area contributed by atoms with Crippen molar-refractivity contribution in [2.45, 2.75) is 18.6 Å². The van der Waals surface area contributed by atoms with Gasteiger partial charge in [-0.3, -0.25) is 0 Å². The Kier molecular flexibility index (Phi) is 3.69. The molecule has 13 heavy (non-hydrogen) atoms. The Morgan fingerprint density at radius 3 is 2.92 bits per heavy atom. The molecule has 1 aliphatic heterocycles. The highest BCUT2D eigenvalue weighted by molar-refractivity contribution is 5.06. The molecule has 3 heteroatoms. The molecule has 70 valence electrons. The van der Waals surface area contributed by atoms with E-state index in [1.807, 2.05) is 0 Å². The van der Waals surface area contributed by atoms with Crippen molar-refractivity contribution in [3.8, 4) is 6.07 Å². The molecule has 1 rings (SSSR count). The Hall–Kier alpha value is -1.11. The van der Waals surface area contributed by atoms with Gasteiger partial charge < -0.3 is 9.84 Å². The lowest BCUT2D eigenvalue weighted by molar-refractivity contribution is 0.0943. The zero-order valence-corrected chi connectivity index (χ0v) is 7.39. The number of nitrogens with zero attached hydrogens (tertiary/aromatic N) is 1. The smallest absolute Gasteiger partial charge is 0.0920 e. The van der Waals surface area contributed by atoms with Gasteiger partial charge in [0, 0.05) is 0 Å². The SMILES string of the molecule is C=C[C@@H]1O[C@H](/C=C/CO)C[C@@H]1C#N. The number of ether oxygens (including phenoxy) is 1. The third kappa shape index (κ3) is 2.41. The summed E-state index contributed by atoms with van der Waals surface area (Å²) >= 11 is 0. The van der Waals surface area contributed by atoms with Gasteiger partial charge in [0.05, 0.1) is 30.8 Å². The number of hydrogen-bond acceptors (Lipinski definition) is 3. The summed E-state index contributed by atoms with van der Waals surface area (Å²) in [4.78, 5) is 0. The highest BCUT2D eigenvalue weighted by atomic mass is 16.5. The Bertz CT molecular complexity index is 242. The average Bonchev–Trinajstić information content (AvgIpc) is 2.57. The van der Waals surface area contributed by atoms with E-state index < -0.39 is 0 Å². The first-order valence-corrected chi connectivity index (χ1v) is 4.27. The normalized spacial score (nSPS) is 33.4. The predicted molar refractivity (Wildman–Crippen MR) is 48.8 cm³/mol. The second-order valence-electron chi connectivity index (χ2n) is 2.96. The Morgan fingerprint density at radius 2 is 2.46 bits per heavy atom. The van der Waals surface area contributed by atoms with Crippen molar-refractivity contribution in [3.05, 3.63) is 24.8 Å². The van der Waals surface area contributed by atoms with E-state index in [0.29, 0.717) is 6.42 Å². The standard InChI is InChI=1S/C10H13NO2/c1-2-10-8(7-11)6-9(13-10)4-3-5-12/h2-4,8-10,12H,1,5-6H2/b4-3+/t8-,9-,10+/m1/s1. The molecule has 1 N–H and O–H groups in total. The molecule has 3 nitrogen and oxygen atoms in total. The molecule has 1 fully saturated rings. The van der Waals surface area contributed by atoms with Gasteiger partial charge in [0.15, 0.2) is 0 Å². The van der Waals surface area contributed by atoms with E-state index in [2.05, 4.69) is 12.6 Å². The van der Waals surface area contributed by atoms with Crippen molar-refractivity contribution in [2.75, 3.05) is 6.61 Å². The molecule has 1 heterocycles. The van der Waals surface area contributed by atoms with Crippen molar-refractivity contribution in [1.82, 2.24) is 0 Å². The first-order chi connectivity index (χ1) is 6.31. The third-order valence-electron chi connectivity index (χ3n) is 2.07. The second kappa shape index (κ2) is 4.80. The maximum Gasteiger partial charge on any atom is 0.0920 e. The van der Waals surface area contributed by atoms with Crippen molar-refractivity contribution >= 4 is 0 Å². The van der Waals surface area contributed by atoms with Crippen LogP contribution in [0.4, 0.5) is 0 Å². The molecule has 0 radical (unpaired) electrons. The summed E-state index contributed by atoms with van der Waals surface area (Å²) in [5.41, 5.74) is 0. The minimum Gasteiger partial charge on any atom is -0.392 e. The largest absolute Gasteiger partial charge is 0.392 e. The number of nitriles is 1. The minimum atomic E-state index is -0.168. The highest BCUT2D eigenvalue weighted by Gasteiger charge is 2.31. The van der Waals surface area contributed by atoms with Crippen LogP contribution in [0.25, 0.3) is 0 Å². The molecule has 0 aliphatic carbocycles. The van der Waals surface area contributed by atoms with E-state index in [1.165, 1.54) is 0 Å². The first kappa shape index (κ1) is 9.97. The van der Waals surface area contributed by atoms with E-state index >= 15 is 0 Å². The fraction of sp³-hybridized carbons (Fsp3) is 0.500. The van der Waals surface area contributed by atoms with Crippen LogP contribution in [0, 0.1) is 17.2 Å². The van der Waals surface area contributed by atoms with Gasteiger partial charge in [0.1, 0.15) is 0 Å². The van der Waals surface area contributed by atoms with Gasteiger partial charge >= 0.3 is 0 Å². The maximum absolute atomic E-state index is 8.76. The summed E-state index contributed by atoms with van der Waals surface area (Å²) in [6.45, 7) is 3.62. The van der Waals surface area contributed by atoms with Gasteiger partial charge in [0.2, 0.25) is 0 Å². The molecule has 1 saturated heterocycles. The lowest BCUT2D eigenvalue weighted by Crippen LogP contribution is -2.10. The zero-order chi connectivity index (χ0) is 9.68. The molecule has 0 saturated carbocycles. The van der Waals surface area contributed by atoms with Crippen LogP contribution in [-0.2, 0) is 4.74 Å². The lowest BCUT2D eigenvalue weighted by Gasteiger charge is -2.06. The molecule has 3 atom stereocenters. The molecule has 0 spiro atoms. The van der Waals surface area contributed by atoms with Crippen LogP contribution in [0.1, 0.15) is 6.42 Å². The Labute approximate surface area is 77.9 Å². The lowest BCUT2D eigenvalue weighted by atomic mass is 10.0. The Balaban J connectivity index is 2.53. The zero-order valence-electron chi connectivity index (χ0n) is 7.39. The van der Waals surface area contributed by atoms with Crippen LogP contribution >= 0.6 is 0 Å². The van der Waals surface area contributed by atoms with Crippen molar-refractivity contribution in [2.24, 2.45) is 5.92 Å². The van der Waals surface area contributed by atoms with Gasteiger partial charge in [-0.2, -0.15) is 5.26 Å². The summed E-state index contributed by atoms with van der Waals surface area (Å²) in [6, 6.07) is 2.18. The fourth-order valence-corrected chi connectivity index (χ4v) is 1.42. The molecule has 0 aromatic rings. The summed E-state index contributed by atoms with van der Waals surface area (Å²) in [7, 11) is 0. The number of hydrogen-bond donors (Lipinski definition) is 1. The van der Waals surface area contributed by atoms with Gasteiger partial charge in [-0.25, -0.2) is 0 Å². The highest BCUT2D eigenvalue weighted by Crippen LogP contribution is 2.27. The summed E-state index contributed by atoms with van der Waals surface area (Å²) < 4.78 is 5.48. The Morgan fingerprint density at radius 1 is 1.69 bits per heavy atom. The first-order valence-electron chi connectivity index (χ1n) is 4.27. The van der Waals surface area contributed by atoms with E-state index in [1.54, 1.807) is 18.2 Å². The van der Waals surface area contributed by atoms with E-state index in [9.17, 15) is 0 Å². The van der Waals surface area contributed by atoms with E-state index in [0.717, 1.165) is 0 Å². The summed E-state index contributed by atoms with van der Waals surface area (Å²) in [5, 5.41) is 17.3. The number of aliphatic hydroxyl groups is 1. The van der Waals surface area contributed by atoms with Gasteiger partial charge in [-0.1, -0.05) is 18.2 Å². The molecular weight excluding hydrogens is 166 g/mol. The molecule has 0 bridgehead atoms. The van der Waals surface area contributed by atoms with Crippen LogP contribution in [-0.4, -0.2) is 23.9 Å². The van der Waals surface area contributed by atoms with Gasteiger partial charge in [-0.15, -0.1) is 6.58 Å². The van der Waals surface area contributed by atoms with Gasteiger partial charge in [0.25, 0.3) is 0 Å². The maximum atomic E-state index is 8.76. The van der Waals surface area contributed by atoms with Crippen molar-refractivity contribution in [3.63, 3.8) is 0 Å². The van der Waals surface area contributed by atoms with Crippen LogP contribution in [0.15, 0.2) is 24.8 Å². The van der Waals surface area contributed by atoms with Crippen LogP contribution in [0.3, 0.4) is 0 Å². The van der Waals surface area contributed by atoms with Crippen LogP contribution in [0.2, 0.25) is 0 Å². The molecule has 1 aliphatic rings. The van der Waals surface area contributed by atoms with Crippen molar-refractivity contribution in [1.29, 1.82) is 5.26 Å². The fourth-order valence-electron chi connectivity index (χ4n) is 1.42. The number of aliphatic hydroxyl groups excluding tert-OH is 1. The number of rotatable bonds is 3. The topological polar surface area (TPSA) is 53.2 Å². The monoisotopic (exact) mass is 179 g/mol. The summed E-state index contributed by atoms with van der Waals surface area (Å²) in [5.74, 6) is -0.106. The van der Waals surface area contributed by atoms with Gasteiger partial charge in [-0.05, 0) is 6.42 Å². The molecular formula is C10H13NO2. The molecule has 0 unspecified atom stereocenters. The van der Waals surface area contributed by atoms with Crippen LogP contribution in [0.5, 0.6) is 0 Å². The van der Waals surface area contributed by atoms with E-state index in [4.69, 9.17) is 15.1 Å². The van der Waals surface area contributed by atoms with Crippen LogP contribution < -0.4 is 0 Å². The van der Waals surface area contributed by atoms with E-state index in [-0.39, 0.29) is 24.7 Å².